The number of allylic oxidation sites excluding steroid dienone is 2. The Hall–Kier alpha value is -4.72. The molecule has 7 heterocycles. The van der Waals surface area contributed by atoms with Gasteiger partial charge in [-0.25, -0.2) is 29.1 Å². The van der Waals surface area contributed by atoms with Crippen LogP contribution in [0.3, 0.4) is 0 Å². The molecule has 19 heteroatoms. The van der Waals surface area contributed by atoms with Crippen molar-refractivity contribution in [3.63, 3.8) is 0 Å². The molecule has 4 bridgehead atoms. The summed E-state index contributed by atoms with van der Waals surface area (Å²) in [4.78, 5) is 38.5. The summed E-state index contributed by atoms with van der Waals surface area (Å²) < 4.78 is 59.2. The first-order valence-corrected chi connectivity index (χ1v) is 26.6. The zero-order valence-electron chi connectivity index (χ0n) is 40.9. The van der Waals surface area contributed by atoms with E-state index >= 15 is 4.39 Å². The quantitative estimate of drug-likeness (QED) is 0.126. The molecule has 3 fully saturated rings. The van der Waals surface area contributed by atoms with Crippen LogP contribution in [0.1, 0.15) is 83.9 Å². The Morgan fingerprint density at radius 3 is 2.53 bits per heavy atom. The number of carboxylic acid groups (broad SMARTS) is 1. The number of aliphatic carboxylic acids is 1. The number of nitrogens with zero attached hydrogens (tertiary/aromatic N) is 6. The topological polar surface area (TPSA) is 160 Å². The fourth-order valence-electron chi connectivity index (χ4n) is 10.4. The summed E-state index contributed by atoms with van der Waals surface area (Å²) in [6, 6.07) is 7.14. The maximum atomic E-state index is 15.9. The molecular weight excluding hydrogens is 987 g/mol. The molecule has 0 amide bonds. The minimum atomic E-state index is -1.43. The number of benzene rings is 2. The largest absolute Gasteiger partial charge is 0.490 e. The molecule has 15 nitrogen and oxygen atoms in total. The lowest BCUT2D eigenvalue weighted by molar-refractivity contribution is -0.145. The number of likely N-dealkylation sites (N-methyl/N-ethyl adjacent to an activating group) is 1. The average molecular weight is 1050 g/mol. The van der Waals surface area contributed by atoms with Crippen LogP contribution in [-0.2, 0) is 32.0 Å². The van der Waals surface area contributed by atoms with Gasteiger partial charge in [-0.1, -0.05) is 29.3 Å². The Balaban J connectivity index is 0.954. The van der Waals surface area contributed by atoms with E-state index in [9.17, 15) is 9.90 Å². The molecule has 3 aromatic heterocycles. The van der Waals surface area contributed by atoms with Crippen molar-refractivity contribution in [3.05, 3.63) is 86.0 Å². The predicted molar refractivity (Wildman–Crippen MR) is 273 cm³/mol. The van der Waals surface area contributed by atoms with E-state index in [1.807, 2.05) is 13.8 Å². The molecule has 2 aromatic carbocycles. The van der Waals surface area contributed by atoms with E-state index in [4.69, 9.17) is 66.3 Å². The molecule has 72 heavy (non-hydrogen) atoms. The standard InChI is InChI=1S/C53H61Cl2FN6O9S/c1-31-42-32(2)46(55)47(45(31)54)70-38(24-62-18-16-61(3)17-19-62)28-68-37-8-9-40(35(22-37)23-41(52(63)64)71-50-44-43(42)48(33-6-4-5-7-33)72-51(44)59-30-58-50)69-25-36-12-15-57-49(60-36)34-10-13-53(56,14-11-34)29-66-27-39-26-65-20-21-67-39/h6,8-9,12,15,22,30,34,38-39,41H,4-5,7,10-11,13-14,16-21,23-29H2,1-3H3,(H,63,64)/t34-,38?,39-,41+,53+/m0/s1. The number of carboxylic acids is 1. The number of aromatic nitrogens is 4. The minimum Gasteiger partial charge on any atom is -0.490 e. The lowest BCUT2D eigenvalue weighted by Crippen LogP contribution is -2.49. The van der Waals surface area contributed by atoms with E-state index in [-0.39, 0.29) is 44.1 Å². The van der Waals surface area contributed by atoms with Crippen molar-refractivity contribution in [1.82, 2.24) is 29.7 Å². The number of carbonyl (C=O) groups is 1. The van der Waals surface area contributed by atoms with Gasteiger partial charge in [-0.2, -0.15) is 0 Å². The molecule has 4 aliphatic heterocycles. The maximum absolute atomic E-state index is 15.9. The molecule has 1 N–H and O–H groups in total. The SMILES string of the molecule is Cc1c(Cl)c2c(Cl)c(C)c1-c1c(C3=CCCC3)sc3ncnc(c13)O[C@@H](C(=O)O)Cc1cc(ccc1OCc1ccnc([C@H]3CC[C@](F)(COC[C@@H]4COCCO4)CC3)n1)OCC(CN1CCN(C)CC1)O2. The number of thiophene rings is 1. The number of alkyl halides is 1. The van der Waals surface area contributed by atoms with Gasteiger partial charge in [0.1, 0.15) is 59.6 Å². The highest BCUT2D eigenvalue weighted by Gasteiger charge is 2.38. The molecule has 3 atom stereocenters. The zero-order valence-corrected chi connectivity index (χ0v) is 43.3. The van der Waals surface area contributed by atoms with Gasteiger partial charge >= 0.3 is 5.97 Å². The predicted octanol–water partition coefficient (Wildman–Crippen LogP) is 9.48. The van der Waals surface area contributed by atoms with Crippen LogP contribution in [0, 0.1) is 13.8 Å². The van der Waals surface area contributed by atoms with Gasteiger partial charge < -0.3 is 43.2 Å². The summed E-state index contributed by atoms with van der Waals surface area (Å²) in [5, 5.41) is 12.3. The van der Waals surface area contributed by atoms with Crippen molar-refractivity contribution in [2.75, 3.05) is 79.4 Å². The number of piperazine rings is 1. The lowest BCUT2D eigenvalue weighted by atomic mass is 9.80. The van der Waals surface area contributed by atoms with Crippen molar-refractivity contribution in [2.24, 2.45) is 0 Å². The van der Waals surface area contributed by atoms with E-state index in [0.29, 0.717) is 113 Å². The van der Waals surface area contributed by atoms with E-state index in [0.717, 1.165) is 72.6 Å². The Bertz CT molecular complexity index is 2770. The van der Waals surface area contributed by atoms with Crippen LogP contribution in [0.4, 0.5) is 4.39 Å². The summed E-state index contributed by atoms with van der Waals surface area (Å²) in [6.45, 7) is 10.0. The van der Waals surface area contributed by atoms with Crippen molar-refractivity contribution in [1.29, 1.82) is 0 Å². The van der Waals surface area contributed by atoms with Crippen LogP contribution >= 0.6 is 34.5 Å². The van der Waals surface area contributed by atoms with Gasteiger partial charge in [0.15, 0.2) is 5.75 Å². The number of rotatable bonds is 12. The second kappa shape index (κ2) is 22.4. The number of fused-ring (bicyclic) bond motifs is 7. The highest BCUT2D eigenvalue weighted by Crippen LogP contribution is 2.53. The third kappa shape index (κ3) is 11.3. The molecule has 6 aliphatic rings. The van der Waals surface area contributed by atoms with Crippen LogP contribution in [0.2, 0.25) is 10.0 Å². The van der Waals surface area contributed by atoms with E-state index in [1.54, 1.807) is 30.5 Å². The number of halogens is 3. The molecule has 2 saturated heterocycles. The lowest BCUT2D eigenvalue weighted by Gasteiger charge is -2.35. The van der Waals surface area contributed by atoms with Crippen LogP contribution in [0.15, 0.2) is 42.9 Å². The normalized spacial score (nSPS) is 24.3. The van der Waals surface area contributed by atoms with Gasteiger partial charge in [-0.05, 0) is 112 Å². The summed E-state index contributed by atoms with van der Waals surface area (Å²) in [7, 11) is 2.12. The average Bonchev–Trinajstić information content (AvgIpc) is 4.06. The van der Waals surface area contributed by atoms with Crippen molar-refractivity contribution >= 4 is 56.3 Å². The first-order chi connectivity index (χ1) is 34.9. The minimum absolute atomic E-state index is 0.00812. The van der Waals surface area contributed by atoms with Gasteiger partial charge in [0, 0.05) is 67.3 Å². The van der Waals surface area contributed by atoms with Crippen molar-refractivity contribution in [3.8, 4) is 34.3 Å². The first kappa shape index (κ1) is 50.8. The summed E-state index contributed by atoms with van der Waals surface area (Å²) in [5.74, 6) is 0.810. The Morgan fingerprint density at radius 1 is 0.986 bits per heavy atom. The van der Waals surface area contributed by atoms with Crippen LogP contribution in [0.25, 0.3) is 26.9 Å². The van der Waals surface area contributed by atoms with Gasteiger partial charge in [-0.15, -0.1) is 11.3 Å². The summed E-state index contributed by atoms with van der Waals surface area (Å²) >= 11 is 16.3. The molecule has 2 aliphatic carbocycles. The fourth-order valence-corrected chi connectivity index (χ4v) is 12.1. The number of ether oxygens (including phenoxy) is 7. The molecule has 5 aromatic rings. The van der Waals surface area contributed by atoms with Crippen LogP contribution in [-0.4, -0.2) is 144 Å². The second-order valence-electron chi connectivity index (χ2n) is 19.6. The molecule has 11 rings (SSSR count). The van der Waals surface area contributed by atoms with Crippen LogP contribution < -0.4 is 18.9 Å². The summed E-state index contributed by atoms with van der Waals surface area (Å²) in [6.07, 6.45) is 7.79. The van der Waals surface area contributed by atoms with Gasteiger partial charge in [0.2, 0.25) is 12.0 Å². The number of hydrogen-bond acceptors (Lipinski definition) is 15. The third-order valence-corrected chi connectivity index (χ3v) is 16.6. The molecule has 0 radical (unpaired) electrons. The van der Waals surface area contributed by atoms with Crippen LogP contribution in [0.5, 0.6) is 23.1 Å². The van der Waals surface area contributed by atoms with E-state index in [2.05, 4.69) is 32.9 Å². The molecular formula is C53H61Cl2FN6O9S. The summed E-state index contributed by atoms with van der Waals surface area (Å²) in [5.41, 5.74) is 3.99. The monoisotopic (exact) mass is 1050 g/mol. The smallest absolute Gasteiger partial charge is 0.345 e. The second-order valence-corrected chi connectivity index (χ2v) is 21.4. The Labute approximate surface area is 432 Å². The van der Waals surface area contributed by atoms with E-state index in [1.165, 1.54) is 23.2 Å². The zero-order chi connectivity index (χ0) is 49.9. The van der Waals surface area contributed by atoms with E-state index < -0.39 is 23.8 Å². The maximum Gasteiger partial charge on any atom is 0.345 e. The Morgan fingerprint density at radius 2 is 1.79 bits per heavy atom. The first-order valence-electron chi connectivity index (χ1n) is 25.0. The van der Waals surface area contributed by atoms with Gasteiger partial charge in [0.25, 0.3) is 0 Å². The Kier molecular flexibility index (Phi) is 15.8. The fraction of sp³-hybridized carbons (Fsp3) is 0.528. The van der Waals surface area contributed by atoms with Crippen molar-refractivity contribution < 1.29 is 47.4 Å². The molecule has 384 valence electrons. The van der Waals surface area contributed by atoms with Gasteiger partial charge in [0.05, 0.1) is 54.2 Å². The molecule has 0 spiro atoms. The highest BCUT2D eigenvalue weighted by molar-refractivity contribution is 7.20. The number of hydrogen-bond donors (Lipinski definition) is 1. The third-order valence-electron chi connectivity index (χ3n) is 14.5. The molecule has 1 unspecified atom stereocenters. The molecule has 1 saturated carbocycles. The van der Waals surface area contributed by atoms with Crippen molar-refractivity contribution in [2.45, 2.75) is 102 Å². The van der Waals surface area contributed by atoms with Gasteiger partial charge in [-0.3, -0.25) is 4.90 Å². The highest BCUT2D eigenvalue weighted by atomic mass is 35.5.